The molecule has 3 heterocycles. The maximum Gasteiger partial charge on any atom is 0.246 e. The van der Waals surface area contributed by atoms with Crippen molar-refractivity contribution in [1.29, 1.82) is 0 Å². The third-order valence-corrected chi connectivity index (χ3v) is 4.83. The van der Waals surface area contributed by atoms with E-state index in [-0.39, 0.29) is 36.4 Å². The van der Waals surface area contributed by atoms with Crippen molar-refractivity contribution >= 4 is 41.5 Å². The molecule has 0 atom stereocenters. The van der Waals surface area contributed by atoms with Gasteiger partial charge in [-0.05, 0) is 6.92 Å². The number of carbonyl (C=O) groups is 1. The van der Waals surface area contributed by atoms with Crippen LogP contribution in [0.1, 0.15) is 12.8 Å². The molecule has 0 aliphatic carbocycles. The first-order chi connectivity index (χ1) is 14.6. The molecule has 0 bridgehead atoms. The van der Waals surface area contributed by atoms with Crippen molar-refractivity contribution in [2.45, 2.75) is 13.5 Å². The number of aliphatic imine (C=N–C) groups is 1. The summed E-state index contributed by atoms with van der Waals surface area (Å²) in [4.78, 5) is 25.4. The van der Waals surface area contributed by atoms with E-state index in [0.717, 1.165) is 11.3 Å². The van der Waals surface area contributed by atoms with Crippen LogP contribution in [0.2, 0.25) is 0 Å². The first-order valence-corrected chi connectivity index (χ1v) is 9.96. The quantitative estimate of drug-likeness (QED) is 0.307. The molecule has 164 valence electrons. The molecule has 1 N–H and O–H groups in total. The number of hydrogen-bond acceptors (Lipinski definition) is 5. The van der Waals surface area contributed by atoms with E-state index in [1.54, 1.807) is 22.0 Å². The zero-order valence-corrected chi connectivity index (χ0v) is 19.9. The van der Waals surface area contributed by atoms with Crippen LogP contribution in [0.4, 0.5) is 5.69 Å². The number of aromatic nitrogens is 3. The van der Waals surface area contributed by atoms with Gasteiger partial charge in [0.05, 0.1) is 18.1 Å². The monoisotopic (exact) mass is 535 g/mol. The molecule has 0 spiro atoms. The van der Waals surface area contributed by atoms with Crippen molar-refractivity contribution in [2.75, 3.05) is 31.1 Å². The van der Waals surface area contributed by atoms with Crippen LogP contribution in [0, 0.1) is 0 Å². The van der Waals surface area contributed by atoms with Gasteiger partial charge in [-0.1, -0.05) is 30.3 Å². The van der Waals surface area contributed by atoms with Crippen LogP contribution in [0.3, 0.4) is 0 Å². The Bertz CT molecular complexity index is 1030. The Morgan fingerprint density at radius 2 is 2.03 bits per heavy atom. The highest BCUT2D eigenvalue weighted by atomic mass is 127. The van der Waals surface area contributed by atoms with Gasteiger partial charge in [-0.3, -0.25) is 9.48 Å². The van der Waals surface area contributed by atoms with Crippen LogP contribution >= 0.6 is 24.0 Å². The Morgan fingerprint density at radius 3 is 2.71 bits per heavy atom. The molecule has 31 heavy (non-hydrogen) atoms. The van der Waals surface area contributed by atoms with E-state index in [1.807, 2.05) is 55.4 Å². The van der Waals surface area contributed by atoms with Crippen LogP contribution in [-0.4, -0.2) is 57.7 Å². The maximum atomic E-state index is 12.7. The summed E-state index contributed by atoms with van der Waals surface area (Å²) in [6.45, 7) is 4.51. The average molecular weight is 535 g/mol. The molecule has 0 saturated carbocycles. The molecular weight excluding hydrogens is 509 g/mol. The van der Waals surface area contributed by atoms with E-state index in [4.69, 9.17) is 4.42 Å². The number of nitrogens with one attached hydrogen (secondary N) is 1. The summed E-state index contributed by atoms with van der Waals surface area (Å²) in [5.74, 6) is 1.94. The van der Waals surface area contributed by atoms with Crippen molar-refractivity contribution in [3.8, 4) is 11.3 Å². The summed E-state index contributed by atoms with van der Waals surface area (Å²) in [7, 11) is 1.84. The summed E-state index contributed by atoms with van der Waals surface area (Å²) >= 11 is 0. The van der Waals surface area contributed by atoms with E-state index in [9.17, 15) is 4.79 Å². The Balaban J connectivity index is 0.00000272. The van der Waals surface area contributed by atoms with Gasteiger partial charge in [0, 0.05) is 38.4 Å². The number of guanidine groups is 1. The Hall–Kier alpha value is -2.89. The fourth-order valence-electron chi connectivity index (χ4n) is 3.36. The molecule has 0 radical (unpaired) electrons. The molecule has 1 aromatic carbocycles. The van der Waals surface area contributed by atoms with Crippen LogP contribution in [-0.2, 0) is 18.4 Å². The highest BCUT2D eigenvalue weighted by molar-refractivity contribution is 14.0. The minimum Gasteiger partial charge on any atom is -0.439 e. The van der Waals surface area contributed by atoms with Crippen LogP contribution in [0.5, 0.6) is 0 Å². The topological polar surface area (TPSA) is 91.8 Å². The van der Waals surface area contributed by atoms with Crippen molar-refractivity contribution in [1.82, 2.24) is 25.0 Å². The molecule has 1 saturated heterocycles. The lowest BCUT2D eigenvalue weighted by Crippen LogP contribution is -2.55. The summed E-state index contributed by atoms with van der Waals surface area (Å²) in [6, 6.07) is 9.83. The molecule has 9 nitrogen and oxygen atoms in total. The van der Waals surface area contributed by atoms with Crippen LogP contribution in [0.15, 0.2) is 58.3 Å². The predicted octanol–water partition coefficient (Wildman–Crippen LogP) is 2.51. The molecule has 2 aromatic heterocycles. The number of halogens is 1. The zero-order valence-electron chi connectivity index (χ0n) is 17.6. The SMILES string of the molecule is CCNC(=NCc1ncc(-c2ccccc2)o1)N1CCN(c2cnn(C)c2)C(=O)C1.I. The number of anilines is 1. The molecule has 1 fully saturated rings. The van der Waals surface area contributed by atoms with E-state index in [1.165, 1.54) is 0 Å². The van der Waals surface area contributed by atoms with Crippen molar-refractivity contribution in [3.05, 3.63) is 54.8 Å². The van der Waals surface area contributed by atoms with E-state index in [0.29, 0.717) is 43.8 Å². The fourth-order valence-corrected chi connectivity index (χ4v) is 3.36. The van der Waals surface area contributed by atoms with Crippen molar-refractivity contribution < 1.29 is 9.21 Å². The summed E-state index contributed by atoms with van der Waals surface area (Å²) in [6.07, 6.45) is 5.27. The standard InChI is InChI=1S/C21H25N7O2.HI/c1-3-22-21(24-13-19-23-12-18(30-19)16-7-5-4-6-8-16)27-9-10-28(20(29)15-27)17-11-25-26(2)14-17;/h4-8,11-12,14H,3,9-10,13,15H2,1-2H3,(H,22,24);1H. The lowest BCUT2D eigenvalue weighted by atomic mass is 10.2. The van der Waals surface area contributed by atoms with Gasteiger partial charge in [0.1, 0.15) is 13.1 Å². The molecular formula is C21H26IN7O2. The first-order valence-electron chi connectivity index (χ1n) is 9.96. The summed E-state index contributed by atoms with van der Waals surface area (Å²) in [5.41, 5.74) is 1.79. The molecule has 1 aliphatic rings. The van der Waals surface area contributed by atoms with Gasteiger partial charge in [0.15, 0.2) is 11.7 Å². The van der Waals surface area contributed by atoms with Gasteiger partial charge in [-0.25, -0.2) is 9.98 Å². The number of aryl methyl sites for hydroxylation is 1. The van der Waals surface area contributed by atoms with Gasteiger partial charge in [-0.15, -0.1) is 24.0 Å². The number of rotatable bonds is 5. The second-order valence-electron chi connectivity index (χ2n) is 6.99. The Labute approximate surface area is 198 Å². The second kappa shape index (κ2) is 10.4. The number of benzene rings is 1. The smallest absolute Gasteiger partial charge is 0.246 e. The fraction of sp³-hybridized carbons (Fsp3) is 0.333. The van der Waals surface area contributed by atoms with Crippen LogP contribution in [0.25, 0.3) is 11.3 Å². The Morgan fingerprint density at radius 1 is 1.23 bits per heavy atom. The highest BCUT2D eigenvalue weighted by Gasteiger charge is 2.27. The lowest BCUT2D eigenvalue weighted by molar-refractivity contribution is -0.120. The maximum absolute atomic E-state index is 12.7. The molecule has 10 heteroatoms. The van der Waals surface area contributed by atoms with Crippen molar-refractivity contribution in [2.24, 2.45) is 12.0 Å². The lowest BCUT2D eigenvalue weighted by Gasteiger charge is -2.35. The third-order valence-electron chi connectivity index (χ3n) is 4.83. The first kappa shape index (κ1) is 22.8. The average Bonchev–Trinajstić information content (AvgIpc) is 3.41. The summed E-state index contributed by atoms with van der Waals surface area (Å²) < 4.78 is 7.53. The van der Waals surface area contributed by atoms with Crippen LogP contribution < -0.4 is 10.2 Å². The normalized spacial score (nSPS) is 14.5. The van der Waals surface area contributed by atoms with E-state index >= 15 is 0 Å². The highest BCUT2D eigenvalue weighted by Crippen LogP contribution is 2.20. The van der Waals surface area contributed by atoms with E-state index < -0.39 is 0 Å². The molecule has 1 aliphatic heterocycles. The zero-order chi connectivity index (χ0) is 20.9. The van der Waals surface area contributed by atoms with Gasteiger partial charge >= 0.3 is 0 Å². The second-order valence-corrected chi connectivity index (χ2v) is 6.99. The largest absolute Gasteiger partial charge is 0.439 e. The number of oxazole rings is 1. The Kier molecular flexibility index (Phi) is 7.66. The molecule has 1 amide bonds. The number of nitrogens with zero attached hydrogens (tertiary/aromatic N) is 6. The van der Waals surface area contributed by atoms with Gasteiger partial charge in [0.2, 0.25) is 11.8 Å². The molecule has 3 aromatic rings. The van der Waals surface area contributed by atoms with Gasteiger partial charge < -0.3 is 19.5 Å². The predicted molar refractivity (Wildman–Crippen MR) is 129 cm³/mol. The number of piperazine rings is 1. The number of hydrogen-bond donors (Lipinski definition) is 1. The summed E-state index contributed by atoms with van der Waals surface area (Å²) in [5, 5.41) is 7.41. The molecule has 0 unspecified atom stereocenters. The van der Waals surface area contributed by atoms with E-state index in [2.05, 4.69) is 20.4 Å². The van der Waals surface area contributed by atoms with Gasteiger partial charge in [-0.2, -0.15) is 5.10 Å². The van der Waals surface area contributed by atoms with Gasteiger partial charge in [0.25, 0.3) is 0 Å². The molecule has 4 rings (SSSR count). The number of amides is 1. The van der Waals surface area contributed by atoms with Crippen molar-refractivity contribution in [3.63, 3.8) is 0 Å². The number of carbonyl (C=O) groups excluding carboxylic acids is 1. The minimum absolute atomic E-state index is 0. The minimum atomic E-state index is 0. The third kappa shape index (κ3) is 5.43.